The van der Waals surface area contributed by atoms with Crippen LogP contribution in [-0.4, -0.2) is 9.85 Å². The van der Waals surface area contributed by atoms with Crippen LogP contribution in [0.3, 0.4) is 0 Å². The van der Waals surface area contributed by atoms with Crippen LogP contribution in [0.2, 0.25) is 0 Å². The van der Waals surface area contributed by atoms with Gasteiger partial charge >= 0.3 is 0 Å². The molecule has 0 fully saturated rings. The minimum absolute atomic E-state index is 0.0899. The van der Waals surface area contributed by atoms with Crippen molar-refractivity contribution in [3.8, 4) is 12.1 Å². The number of nitro benzene ring substituents is 2. The molecule has 9 nitrogen and oxygen atoms in total. The topological polar surface area (TPSA) is 146 Å². The van der Waals surface area contributed by atoms with Crippen molar-refractivity contribution >= 4 is 11.4 Å². The van der Waals surface area contributed by atoms with Crippen LogP contribution in [0.25, 0.3) is 0 Å². The second-order valence-corrected chi connectivity index (χ2v) is 5.53. The smallest absolute Gasteiger partial charge is 0.280 e. The second-order valence-electron chi connectivity index (χ2n) is 5.53. The van der Waals surface area contributed by atoms with Gasteiger partial charge in [0.25, 0.3) is 11.4 Å². The summed E-state index contributed by atoms with van der Waals surface area (Å²) in [7, 11) is 0. The summed E-state index contributed by atoms with van der Waals surface area (Å²) in [5.41, 5.74) is 0.758. The number of benzene rings is 1. The summed E-state index contributed by atoms with van der Waals surface area (Å²) in [6.45, 7) is 3.65. The van der Waals surface area contributed by atoms with E-state index in [1.807, 2.05) is 26.0 Å². The normalized spacial score (nSPS) is 14.5. The van der Waals surface area contributed by atoms with E-state index >= 15 is 0 Å². The Morgan fingerprint density at radius 2 is 1.58 bits per heavy atom. The van der Waals surface area contributed by atoms with Gasteiger partial charge in [-0.25, -0.2) is 0 Å². The van der Waals surface area contributed by atoms with E-state index in [4.69, 9.17) is 0 Å². The molecule has 0 spiro atoms. The van der Waals surface area contributed by atoms with E-state index in [1.54, 1.807) is 0 Å². The van der Waals surface area contributed by atoms with Gasteiger partial charge in [-0.15, -0.1) is 0 Å². The zero-order valence-electron chi connectivity index (χ0n) is 14.1. The minimum Gasteiger partial charge on any atom is -0.361 e. The van der Waals surface area contributed by atoms with Gasteiger partial charge in [0.1, 0.15) is 0 Å². The van der Waals surface area contributed by atoms with Crippen LogP contribution < -0.4 is 5.32 Å². The molecule has 0 atom stereocenters. The molecule has 0 bridgehead atoms. The van der Waals surface area contributed by atoms with Crippen LogP contribution in [0, 0.1) is 42.9 Å². The Morgan fingerprint density at radius 3 is 1.96 bits per heavy atom. The van der Waals surface area contributed by atoms with Gasteiger partial charge in [0, 0.05) is 23.0 Å². The highest BCUT2D eigenvalue weighted by Gasteiger charge is 2.36. The molecule has 9 heteroatoms. The summed E-state index contributed by atoms with van der Waals surface area (Å²) in [4.78, 5) is 21.0. The summed E-state index contributed by atoms with van der Waals surface area (Å²) in [6.07, 6.45) is 0.949. The average molecular weight is 353 g/mol. The maximum absolute atomic E-state index is 11.5. The molecular weight excluding hydrogens is 338 g/mol. The number of dihydropyridines is 1. The third-order valence-corrected chi connectivity index (χ3v) is 4.21. The molecule has 0 radical (unpaired) electrons. The molecule has 1 aromatic rings. The monoisotopic (exact) mass is 353 g/mol. The highest BCUT2D eigenvalue weighted by atomic mass is 16.6. The van der Waals surface area contributed by atoms with E-state index < -0.39 is 27.1 Å². The van der Waals surface area contributed by atoms with Crippen molar-refractivity contribution in [2.75, 3.05) is 0 Å². The van der Waals surface area contributed by atoms with Crippen molar-refractivity contribution in [2.45, 2.75) is 32.6 Å². The van der Waals surface area contributed by atoms with Crippen LogP contribution in [0.15, 0.2) is 40.7 Å². The van der Waals surface area contributed by atoms with Crippen LogP contribution in [-0.2, 0) is 0 Å². The van der Waals surface area contributed by atoms with Gasteiger partial charge in [-0.05, 0) is 18.9 Å². The van der Waals surface area contributed by atoms with Gasteiger partial charge in [0.15, 0.2) is 0 Å². The van der Waals surface area contributed by atoms with Crippen LogP contribution in [0.1, 0.15) is 38.2 Å². The van der Waals surface area contributed by atoms with E-state index in [0.717, 1.165) is 12.1 Å². The first kappa shape index (κ1) is 18.6. The quantitative estimate of drug-likeness (QED) is 0.628. The Morgan fingerprint density at radius 1 is 1.04 bits per heavy atom. The largest absolute Gasteiger partial charge is 0.361 e. The Labute approximate surface area is 149 Å². The molecule has 132 valence electrons. The summed E-state index contributed by atoms with van der Waals surface area (Å²) < 4.78 is 0. The fourth-order valence-electron chi connectivity index (χ4n) is 2.99. The third kappa shape index (κ3) is 3.10. The van der Waals surface area contributed by atoms with Crippen molar-refractivity contribution in [3.63, 3.8) is 0 Å². The van der Waals surface area contributed by atoms with E-state index in [9.17, 15) is 30.8 Å². The average Bonchev–Trinajstić information content (AvgIpc) is 2.65. The molecule has 0 saturated heterocycles. The zero-order valence-corrected chi connectivity index (χ0v) is 14.1. The molecule has 1 N–H and O–H groups in total. The number of nitriles is 2. The van der Waals surface area contributed by atoms with Gasteiger partial charge in [-0.3, -0.25) is 20.2 Å². The van der Waals surface area contributed by atoms with E-state index in [-0.39, 0.29) is 16.7 Å². The fraction of sp³-hybridized carbons (Fsp3) is 0.294. The van der Waals surface area contributed by atoms with Gasteiger partial charge in [-0.2, -0.15) is 10.5 Å². The van der Waals surface area contributed by atoms with Crippen molar-refractivity contribution in [1.29, 1.82) is 10.5 Å². The standard InChI is InChI=1S/C17H15N5O4/c1-3-14-12(8-18)17(13(9-19)15(4-2)20-14)11-6-5-10(21(23)24)7-16(11)22(25)26/h5-7,17,20H,3-4H2,1-2H3. The summed E-state index contributed by atoms with van der Waals surface area (Å²) >= 11 is 0. The molecule has 2 rings (SSSR count). The number of nitro groups is 2. The first-order valence-electron chi connectivity index (χ1n) is 7.85. The number of nitrogens with zero attached hydrogens (tertiary/aromatic N) is 4. The summed E-state index contributed by atoms with van der Waals surface area (Å²) in [5, 5.41) is 44.7. The predicted molar refractivity (Wildman–Crippen MR) is 91.5 cm³/mol. The minimum atomic E-state index is -0.933. The van der Waals surface area contributed by atoms with Gasteiger partial charge in [-0.1, -0.05) is 13.8 Å². The molecule has 1 aromatic carbocycles. The number of allylic oxidation sites excluding steroid dienone is 4. The lowest BCUT2D eigenvalue weighted by atomic mass is 9.79. The molecule has 0 unspecified atom stereocenters. The Hall–Kier alpha value is -3.72. The molecule has 0 aromatic heterocycles. The van der Waals surface area contributed by atoms with Crippen molar-refractivity contribution < 1.29 is 9.85 Å². The van der Waals surface area contributed by atoms with Crippen LogP contribution >= 0.6 is 0 Å². The Kier molecular flexibility index (Phi) is 5.33. The lowest BCUT2D eigenvalue weighted by Crippen LogP contribution is -2.26. The van der Waals surface area contributed by atoms with Crippen molar-refractivity contribution in [1.82, 2.24) is 5.32 Å². The zero-order chi connectivity index (χ0) is 19.4. The molecule has 26 heavy (non-hydrogen) atoms. The predicted octanol–water partition coefficient (Wildman–Crippen LogP) is 3.57. The highest BCUT2D eigenvalue weighted by Crippen LogP contribution is 2.43. The molecule has 1 aliphatic rings. The van der Waals surface area contributed by atoms with Gasteiger partial charge < -0.3 is 5.32 Å². The second kappa shape index (κ2) is 7.45. The molecule has 1 aliphatic heterocycles. The highest BCUT2D eigenvalue weighted by molar-refractivity contribution is 5.62. The molecule has 1 heterocycles. The van der Waals surface area contributed by atoms with Crippen LogP contribution in [0.5, 0.6) is 0 Å². The number of hydrogen-bond acceptors (Lipinski definition) is 7. The number of non-ortho nitro benzene ring substituents is 1. The summed E-state index contributed by atoms with van der Waals surface area (Å²) in [6, 6.07) is 7.34. The SMILES string of the molecule is CCC1=C(C#N)C(c2ccc([N+](=O)[O-])cc2[N+](=O)[O-])C(C#N)=C(CC)N1. The maximum atomic E-state index is 11.5. The van der Waals surface area contributed by atoms with Crippen molar-refractivity contribution in [3.05, 3.63) is 66.5 Å². The number of nitrogens with one attached hydrogen (secondary N) is 1. The first-order chi connectivity index (χ1) is 12.4. The number of rotatable bonds is 5. The number of hydrogen-bond donors (Lipinski definition) is 1. The molecule has 0 aliphatic carbocycles. The van der Waals surface area contributed by atoms with E-state index in [0.29, 0.717) is 24.2 Å². The lowest BCUT2D eigenvalue weighted by Gasteiger charge is -2.28. The third-order valence-electron chi connectivity index (χ3n) is 4.21. The lowest BCUT2D eigenvalue weighted by molar-refractivity contribution is -0.394. The fourth-order valence-corrected chi connectivity index (χ4v) is 2.99. The van der Waals surface area contributed by atoms with E-state index in [1.165, 1.54) is 6.07 Å². The summed E-state index contributed by atoms with van der Waals surface area (Å²) in [5.74, 6) is -0.933. The van der Waals surface area contributed by atoms with Gasteiger partial charge in [0.2, 0.25) is 0 Å². The first-order valence-corrected chi connectivity index (χ1v) is 7.85. The van der Waals surface area contributed by atoms with Gasteiger partial charge in [0.05, 0.1) is 45.1 Å². The molecule has 0 amide bonds. The Bertz CT molecular complexity index is 895. The molecular formula is C17H15N5O4. The van der Waals surface area contributed by atoms with Crippen molar-refractivity contribution in [2.24, 2.45) is 0 Å². The van der Waals surface area contributed by atoms with Crippen LogP contribution in [0.4, 0.5) is 11.4 Å². The maximum Gasteiger partial charge on any atom is 0.280 e. The Balaban J connectivity index is 2.83. The molecule has 0 saturated carbocycles. The van der Waals surface area contributed by atoms with E-state index in [2.05, 4.69) is 5.32 Å².